The van der Waals surface area contributed by atoms with Gasteiger partial charge in [-0.15, -0.1) is 0 Å². The summed E-state index contributed by atoms with van der Waals surface area (Å²) in [5.74, 6) is -0.0232. The van der Waals surface area contributed by atoms with Crippen molar-refractivity contribution in [1.29, 1.82) is 5.26 Å². The molecule has 1 amide bonds. The zero-order chi connectivity index (χ0) is 19.7. The third-order valence-corrected chi connectivity index (χ3v) is 5.96. The Bertz CT molecular complexity index is 973. The number of nitriles is 1. The second-order valence-corrected chi connectivity index (χ2v) is 7.72. The van der Waals surface area contributed by atoms with Gasteiger partial charge in [0.2, 0.25) is 5.91 Å². The Morgan fingerprint density at radius 2 is 1.79 bits per heavy atom. The molecule has 0 saturated carbocycles. The highest BCUT2D eigenvalue weighted by atomic mass is 16.2. The zero-order valence-electron chi connectivity index (χ0n) is 15.7. The van der Waals surface area contributed by atoms with Crippen molar-refractivity contribution >= 4 is 11.7 Å². The van der Waals surface area contributed by atoms with Gasteiger partial charge in [0.1, 0.15) is 0 Å². The van der Waals surface area contributed by atoms with Gasteiger partial charge >= 0.3 is 0 Å². The van der Waals surface area contributed by atoms with Gasteiger partial charge < -0.3 is 11.1 Å². The summed E-state index contributed by atoms with van der Waals surface area (Å²) in [7, 11) is 0. The van der Waals surface area contributed by atoms with Crippen molar-refractivity contribution in [2.24, 2.45) is 11.7 Å². The van der Waals surface area contributed by atoms with Gasteiger partial charge in [-0.3, -0.25) is 9.59 Å². The van der Waals surface area contributed by atoms with Gasteiger partial charge in [-0.25, -0.2) is 0 Å². The summed E-state index contributed by atoms with van der Waals surface area (Å²) in [5.41, 5.74) is 12.0. The van der Waals surface area contributed by atoms with Crippen LogP contribution in [0.5, 0.6) is 0 Å². The van der Waals surface area contributed by atoms with Crippen LogP contribution >= 0.6 is 0 Å². The van der Waals surface area contributed by atoms with E-state index in [2.05, 4.69) is 23.5 Å². The molecule has 1 aliphatic carbocycles. The second-order valence-electron chi connectivity index (χ2n) is 7.72. The molecular weight excluding hydrogens is 350 g/mol. The van der Waals surface area contributed by atoms with Crippen molar-refractivity contribution < 1.29 is 9.59 Å². The lowest BCUT2D eigenvalue weighted by Gasteiger charge is -2.17. The molecule has 0 radical (unpaired) electrons. The minimum atomic E-state index is -0.504. The molecule has 0 fully saturated rings. The molecule has 1 aliphatic heterocycles. The summed E-state index contributed by atoms with van der Waals surface area (Å²) in [6.07, 6.45) is 3.97. The Labute approximate surface area is 164 Å². The number of carbonyl (C=O) groups excluding carboxylic acids is 2. The molecule has 3 N–H and O–H groups in total. The highest BCUT2D eigenvalue weighted by Gasteiger charge is 2.28. The second kappa shape index (κ2) is 7.57. The van der Waals surface area contributed by atoms with Gasteiger partial charge in [-0.1, -0.05) is 24.3 Å². The molecule has 0 spiro atoms. The van der Waals surface area contributed by atoms with Gasteiger partial charge in [-0.2, -0.15) is 5.26 Å². The van der Waals surface area contributed by atoms with E-state index >= 15 is 0 Å². The third kappa shape index (κ3) is 3.44. The number of fused-ring (bicyclic) bond motifs is 3. The number of carbonyl (C=O) groups is 2. The fraction of sp³-hybridized carbons (Fsp3) is 0.348. The van der Waals surface area contributed by atoms with Crippen LogP contribution in [0.25, 0.3) is 0 Å². The Kier molecular flexibility index (Phi) is 4.97. The lowest BCUT2D eigenvalue weighted by atomic mass is 9.87. The van der Waals surface area contributed by atoms with Gasteiger partial charge in [-0.05, 0) is 66.5 Å². The lowest BCUT2D eigenvalue weighted by molar-refractivity contribution is -0.122. The Balaban J connectivity index is 1.61. The molecule has 2 aliphatic rings. The summed E-state index contributed by atoms with van der Waals surface area (Å²) >= 11 is 0. The summed E-state index contributed by atoms with van der Waals surface area (Å²) < 4.78 is 0. The number of nitrogens with two attached hydrogens (primary N) is 1. The predicted molar refractivity (Wildman–Crippen MR) is 106 cm³/mol. The molecule has 4 rings (SSSR count). The van der Waals surface area contributed by atoms with Crippen molar-refractivity contribution in [3.05, 3.63) is 69.8 Å². The molecule has 1 heterocycles. The number of benzene rings is 2. The lowest BCUT2D eigenvalue weighted by Crippen LogP contribution is -2.39. The molecule has 5 heteroatoms. The quantitative estimate of drug-likeness (QED) is 0.624. The van der Waals surface area contributed by atoms with E-state index in [0.29, 0.717) is 30.5 Å². The Morgan fingerprint density at radius 3 is 2.50 bits per heavy atom. The van der Waals surface area contributed by atoms with E-state index in [9.17, 15) is 9.59 Å². The number of rotatable bonds is 2. The molecule has 0 aromatic heterocycles. The monoisotopic (exact) mass is 373 g/mol. The normalized spacial score (nSPS) is 21.4. The molecule has 5 nitrogen and oxygen atoms in total. The predicted octanol–water partition coefficient (Wildman–Crippen LogP) is 2.44. The first kappa shape index (κ1) is 18.4. The number of ketones is 1. The number of hydrogen-bond acceptors (Lipinski definition) is 4. The van der Waals surface area contributed by atoms with Crippen molar-refractivity contribution in [3.63, 3.8) is 0 Å². The fourth-order valence-electron chi connectivity index (χ4n) is 4.40. The van der Waals surface area contributed by atoms with Crippen LogP contribution in [0.1, 0.15) is 51.0 Å². The van der Waals surface area contributed by atoms with Crippen LogP contribution in [0.15, 0.2) is 36.4 Å². The first-order valence-electron chi connectivity index (χ1n) is 9.77. The highest BCUT2D eigenvalue weighted by molar-refractivity contribution is 5.98. The van der Waals surface area contributed by atoms with Crippen LogP contribution in [-0.4, -0.2) is 17.7 Å². The van der Waals surface area contributed by atoms with E-state index in [0.717, 1.165) is 24.8 Å². The van der Waals surface area contributed by atoms with Crippen molar-refractivity contribution in [3.8, 4) is 6.07 Å². The van der Waals surface area contributed by atoms with E-state index in [-0.39, 0.29) is 17.6 Å². The van der Waals surface area contributed by atoms with E-state index in [1.807, 2.05) is 0 Å². The maximum atomic E-state index is 13.0. The zero-order valence-corrected chi connectivity index (χ0v) is 15.7. The molecule has 2 aromatic carbocycles. The summed E-state index contributed by atoms with van der Waals surface area (Å²) in [6.45, 7) is 0.513. The molecule has 2 aromatic rings. The third-order valence-electron chi connectivity index (χ3n) is 5.96. The number of Topliss-reactive ketones (excluding diaryl/α,β-unsaturated/α-hetero) is 1. The largest absolute Gasteiger partial charge is 0.351 e. The molecule has 0 bridgehead atoms. The summed E-state index contributed by atoms with van der Waals surface area (Å²) in [6, 6.07) is 12.7. The van der Waals surface area contributed by atoms with Gasteiger partial charge in [0, 0.05) is 18.0 Å². The SMILES string of the molecule is N#Cc1ccc(C(=O)C2CCCc3c(ccc4c3CNC(=O)[C@@H](N)C4)C2)cc1. The van der Waals surface area contributed by atoms with E-state index in [1.165, 1.54) is 16.7 Å². The molecule has 1 unspecified atom stereocenters. The topological polar surface area (TPSA) is 96.0 Å². The Morgan fingerprint density at radius 1 is 1.07 bits per heavy atom. The number of hydrogen-bond donors (Lipinski definition) is 2. The van der Waals surface area contributed by atoms with E-state index in [1.54, 1.807) is 24.3 Å². The summed E-state index contributed by atoms with van der Waals surface area (Å²) in [5, 5.41) is 11.9. The van der Waals surface area contributed by atoms with Crippen LogP contribution in [0.2, 0.25) is 0 Å². The smallest absolute Gasteiger partial charge is 0.237 e. The van der Waals surface area contributed by atoms with Crippen LogP contribution in [0, 0.1) is 17.2 Å². The molecule has 142 valence electrons. The first-order valence-corrected chi connectivity index (χ1v) is 9.77. The Hall–Kier alpha value is -2.97. The van der Waals surface area contributed by atoms with Crippen LogP contribution in [0.3, 0.4) is 0 Å². The van der Waals surface area contributed by atoms with Crippen molar-refractivity contribution in [2.45, 2.75) is 44.7 Å². The molecule has 28 heavy (non-hydrogen) atoms. The van der Waals surface area contributed by atoms with Crippen LogP contribution < -0.4 is 11.1 Å². The summed E-state index contributed by atoms with van der Waals surface area (Å²) in [4.78, 5) is 25.0. The number of amides is 1. The van der Waals surface area contributed by atoms with E-state index < -0.39 is 6.04 Å². The first-order chi connectivity index (χ1) is 13.6. The number of nitrogens with one attached hydrogen (secondary N) is 1. The van der Waals surface area contributed by atoms with Gasteiger partial charge in [0.25, 0.3) is 0 Å². The average molecular weight is 373 g/mol. The maximum Gasteiger partial charge on any atom is 0.237 e. The minimum absolute atomic E-state index is 0.0603. The van der Waals surface area contributed by atoms with Crippen molar-refractivity contribution in [1.82, 2.24) is 5.32 Å². The fourth-order valence-corrected chi connectivity index (χ4v) is 4.40. The van der Waals surface area contributed by atoms with Gasteiger partial charge in [0.15, 0.2) is 5.78 Å². The standard InChI is InChI=1S/C23H23N3O2/c24-12-14-4-6-15(7-5-14)22(27)18-2-1-3-19-16(10-18)8-9-17-11-21(25)23(28)26-13-20(17)19/h4-9,18,21H,1-3,10-11,13,25H2,(H,26,28)/t18?,21-/m0/s1. The van der Waals surface area contributed by atoms with Crippen LogP contribution in [-0.2, 0) is 30.6 Å². The minimum Gasteiger partial charge on any atom is -0.351 e. The molecule has 2 atom stereocenters. The molecule has 0 saturated heterocycles. The van der Waals surface area contributed by atoms with E-state index in [4.69, 9.17) is 11.0 Å². The van der Waals surface area contributed by atoms with Gasteiger partial charge in [0.05, 0.1) is 17.7 Å². The number of nitrogens with zero attached hydrogens (tertiary/aromatic N) is 1. The average Bonchev–Trinajstić information content (AvgIpc) is 3.02. The highest BCUT2D eigenvalue weighted by Crippen LogP contribution is 2.32. The maximum absolute atomic E-state index is 13.0. The van der Waals surface area contributed by atoms with Crippen LogP contribution in [0.4, 0.5) is 0 Å². The van der Waals surface area contributed by atoms with Crippen molar-refractivity contribution in [2.75, 3.05) is 0 Å². The molecular formula is C23H23N3O2.